The molecule has 0 aromatic heterocycles. The van der Waals surface area contributed by atoms with Gasteiger partial charge in [0.2, 0.25) is 11.8 Å². The molecule has 2 amide bonds. The molecule has 0 saturated heterocycles. The van der Waals surface area contributed by atoms with Gasteiger partial charge in [-0.15, -0.1) is 0 Å². The Morgan fingerprint density at radius 2 is 1.76 bits per heavy atom. The third kappa shape index (κ3) is 7.64. The van der Waals surface area contributed by atoms with Crippen molar-refractivity contribution in [2.75, 3.05) is 13.7 Å². The van der Waals surface area contributed by atoms with E-state index in [2.05, 4.69) is 11.4 Å². The highest BCUT2D eigenvalue weighted by Crippen LogP contribution is 2.20. The molecule has 33 heavy (non-hydrogen) atoms. The second-order valence-corrected chi connectivity index (χ2v) is 8.93. The van der Waals surface area contributed by atoms with Crippen LogP contribution in [-0.4, -0.2) is 36.4 Å². The van der Waals surface area contributed by atoms with Crippen LogP contribution in [0.3, 0.4) is 0 Å². The normalized spacial score (nSPS) is 14.2. The highest BCUT2D eigenvalue weighted by atomic mass is 35.5. The van der Waals surface area contributed by atoms with Gasteiger partial charge < -0.3 is 15.0 Å². The van der Waals surface area contributed by atoms with E-state index in [1.165, 1.54) is 18.4 Å². The number of halogens is 1. The van der Waals surface area contributed by atoms with Crippen molar-refractivity contribution >= 4 is 23.4 Å². The molecule has 3 rings (SSSR count). The second kappa shape index (κ2) is 12.4. The molecule has 176 valence electrons. The van der Waals surface area contributed by atoms with Crippen molar-refractivity contribution in [3.63, 3.8) is 0 Å². The summed E-state index contributed by atoms with van der Waals surface area (Å²) in [4.78, 5) is 27.9. The molecule has 0 heterocycles. The van der Waals surface area contributed by atoms with E-state index >= 15 is 0 Å². The summed E-state index contributed by atoms with van der Waals surface area (Å²) in [5, 5.41) is 3.66. The average Bonchev–Trinajstić information content (AvgIpc) is 2.84. The quantitative estimate of drug-likeness (QED) is 0.480. The zero-order chi connectivity index (χ0) is 23.6. The molecule has 6 heteroatoms. The molecule has 1 atom stereocenters. The number of nitrogens with zero attached hydrogens (tertiary/aromatic N) is 1. The first-order chi connectivity index (χ1) is 16.0. The number of nitrogens with one attached hydrogen (secondary N) is 1. The van der Waals surface area contributed by atoms with Crippen LogP contribution < -0.4 is 10.1 Å². The Morgan fingerprint density at radius 3 is 2.39 bits per heavy atom. The lowest BCUT2D eigenvalue weighted by Crippen LogP contribution is -2.48. The van der Waals surface area contributed by atoms with Gasteiger partial charge in [-0.25, -0.2) is 0 Å². The molecule has 1 N–H and O–H groups in total. The van der Waals surface area contributed by atoms with Crippen LogP contribution in [0.4, 0.5) is 0 Å². The summed E-state index contributed by atoms with van der Waals surface area (Å²) in [5.41, 5.74) is 3.22. The van der Waals surface area contributed by atoms with Crippen molar-refractivity contribution < 1.29 is 14.3 Å². The van der Waals surface area contributed by atoms with Gasteiger partial charge in [0, 0.05) is 18.1 Å². The number of carbonyl (C=O) groups excluding carboxylic acids is 2. The van der Waals surface area contributed by atoms with E-state index in [-0.39, 0.29) is 18.2 Å². The first kappa shape index (κ1) is 24.8. The first-order valence-electron chi connectivity index (χ1n) is 11.6. The maximum absolute atomic E-state index is 13.3. The Labute approximate surface area is 201 Å². The number of ether oxygens (including phenoxy) is 1. The number of carbonyl (C=O) groups is 2. The zero-order valence-electron chi connectivity index (χ0n) is 19.5. The average molecular weight is 469 g/mol. The van der Waals surface area contributed by atoms with E-state index in [9.17, 15) is 9.59 Å². The third-order valence-corrected chi connectivity index (χ3v) is 6.33. The molecule has 2 aromatic rings. The first-order valence-corrected chi connectivity index (χ1v) is 12.0. The lowest BCUT2D eigenvalue weighted by Gasteiger charge is -2.29. The number of allylic oxidation sites excluding steroid dienone is 1. The van der Waals surface area contributed by atoms with Crippen LogP contribution in [0, 0.1) is 0 Å². The molecule has 1 aliphatic rings. The van der Waals surface area contributed by atoms with Crippen molar-refractivity contribution in [2.45, 2.75) is 58.0 Å². The van der Waals surface area contributed by atoms with Crippen molar-refractivity contribution in [3.8, 4) is 5.75 Å². The summed E-state index contributed by atoms with van der Waals surface area (Å²) >= 11 is 5.98. The van der Waals surface area contributed by atoms with Gasteiger partial charge >= 0.3 is 0 Å². The van der Waals surface area contributed by atoms with Crippen LogP contribution in [0.5, 0.6) is 5.75 Å². The highest BCUT2D eigenvalue weighted by molar-refractivity contribution is 6.30. The van der Waals surface area contributed by atoms with E-state index in [1.54, 1.807) is 31.1 Å². The minimum absolute atomic E-state index is 0.106. The van der Waals surface area contributed by atoms with Crippen LogP contribution in [-0.2, 0) is 22.6 Å². The fourth-order valence-corrected chi connectivity index (χ4v) is 4.14. The molecule has 0 saturated carbocycles. The van der Waals surface area contributed by atoms with Gasteiger partial charge in [-0.05, 0) is 74.4 Å². The number of amides is 2. The topological polar surface area (TPSA) is 58.6 Å². The van der Waals surface area contributed by atoms with E-state index in [0.29, 0.717) is 18.1 Å². The van der Waals surface area contributed by atoms with Crippen LogP contribution in [0.15, 0.2) is 60.2 Å². The summed E-state index contributed by atoms with van der Waals surface area (Å²) in [7, 11) is 1.62. The maximum Gasteiger partial charge on any atom is 0.242 e. The van der Waals surface area contributed by atoms with Crippen LogP contribution >= 0.6 is 11.6 Å². The van der Waals surface area contributed by atoms with E-state index in [4.69, 9.17) is 16.3 Å². The third-order valence-electron chi connectivity index (χ3n) is 6.08. The number of hydrogen-bond acceptors (Lipinski definition) is 3. The van der Waals surface area contributed by atoms with Gasteiger partial charge in [0.1, 0.15) is 11.8 Å². The molecule has 0 spiro atoms. The largest absolute Gasteiger partial charge is 0.497 e. The van der Waals surface area contributed by atoms with Gasteiger partial charge in [0.25, 0.3) is 0 Å². The lowest BCUT2D eigenvalue weighted by molar-refractivity contribution is -0.140. The number of methoxy groups -OCH3 is 1. The summed E-state index contributed by atoms with van der Waals surface area (Å²) in [6.45, 7) is 2.73. The molecule has 0 fully saturated rings. The monoisotopic (exact) mass is 468 g/mol. The smallest absolute Gasteiger partial charge is 0.242 e. The molecule has 0 radical (unpaired) electrons. The summed E-state index contributed by atoms with van der Waals surface area (Å²) in [5.74, 6) is 0.510. The van der Waals surface area contributed by atoms with Crippen LogP contribution in [0.1, 0.15) is 50.2 Å². The van der Waals surface area contributed by atoms with Gasteiger partial charge in [-0.1, -0.05) is 47.5 Å². The molecule has 0 unspecified atom stereocenters. The SMILES string of the molecule is COc1ccc(CN(C(=O)Cc2ccc(Cl)cc2)[C@@H](C)C(=O)NCCC2=CCCCC2)cc1. The fourth-order valence-electron chi connectivity index (χ4n) is 4.01. The van der Waals surface area contributed by atoms with Crippen molar-refractivity contribution in [3.05, 3.63) is 76.3 Å². The summed E-state index contributed by atoms with van der Waals surface area (Å²) < 4.78 is 5.23. The molecule has 0 aliphatic heterocycles. The Hall–Kier alpha value is -2.79. The predicted octanol–water partition coefficient (Wildman–Crippen LogP) is 5.32. The Kier molecular flexibility index (Phi) is 9.37. The molecular formula is C27H33ClN2O3. The van der Waals surface area contributed by atoms with Gasteiger partial charge in [0.15, 0.2) is 0 Å². The fraction of sp³-hybridized carbons (Fsp3) is 0.407. The van der Waals surface area contributed by atoms with Crippen LogP contribution in [0.25, 0.3) is 0 Å². The molecule has 2 aromatic carbocycles. The standard InChI is InChI=1S/C27H33ClN2O3/c1-20(27(32)29-17-16-21-6-4-3-5-7-21)30(19-23-10-14-25(33-2)15-11-23)26(31)18-22-8-12-24(28)13-9-22/h6,8-15,20H,3-5,7,16-19H2,1-2H3,(H,29,32)/t20-/m0/s1. The van der Waals surface area contributed by atoms with Crippen LogP contribution in [0.2, 0.25) is 5.02 Å². The Bertz CT molecular complexity index is 954. The summed E-state index contributed by atoms with van der Waals surface area (Å²) in [6, 6.07) is 14.2. The summed E-state index contributed by atoms with van der Waals surface area (Å²) in [6.07, 6.45) is 8.11. The molecular weight excluding hydrogens is 436 g/mol. The van der Waals surface area contributed by atoms with Crippen molar-refractivity contribution in [1.29, 1.82) is 0 Å². The highest BCUT2D eigenvalue weighted by Gasteiger charge is 2.26. The Balaban J connectivity index is 1.67. The zero-order valence-corrected chi connectivity index (χ0v) is 20.2. The predicted molar refractivity (Wildman–Crippen MR) is 132 cm³/mol. The minimum Gasteiger partial charge on any atom is -0.497 e. The molecule has 5 nitrogen and oxygen atoms in total. The van der Waals surface area contributed by atoms with Crippen molar-refractivity contribution in [1.82, 2.24) is 10.2 Å². The maximum atomic E-state index is 13.3. The Morgan fingerprint density at radius 1 is 1.06 bits per heavy atom. The van der Waals surface area contributed by atoms with Crippen molar-refractivity contribution in [2.24, 2.45) is 0 Å². The van der Waals surface area contributed by atoms with E-state index < -0.39 is 6.04 Å². The number of benzene rings is 2. The molecule has 1 aliphatic carbocycles. The van der Waals surface area contributed by atoms with Gasteiger partial charge in [0.05, 0.1) is 13.5 Å². The van der Waals surface area contributed by atoms with E-state index in [1.807, 2.05) is 36.4 Å². The number of rotatable bonds is 10. The van der Waals surface area contributed by atoms with Gasteiger partial charge in [-0.3, -0.25) is 9.59 Å². The second-order valence-electron chi connectivity index (χ2n) is 8.50. The number of hydrogen-bond donors (Lipinski definition) is 1. The molecule has 0 bridgehead atoms. The minimum atomic E-state index is -0.591. The van der Waals surface area contributed by atoms with Gasteiger partial charge in [-0.2, -0.15) is 0 Å². The van der Waals surface area contributed by atoms with E-state index in [0.717, 1.165) is 36.1 Å². The lowest BCUT2D eigenvalue weighted by atomic mass is 9.97.